The van der Waals surface area contributed by atoms with Crippen molar-refractivity contribution in [3.63, 3.8) is 0 Å². The summed E-state index contributed by atoms with van der Waals surface area (Å²) in [5.41, 5.74) is 3.99. The van der Waals surface area contributed by atoms with Gasteiger partial charge in [0.25, 0.3) is 0 Å². The van der Waals surface area contributed by atoms with Crippen molar-refractivity contribution in [2.75, 3.05) is 17.7 Å². The summed E-state index contributed by atoms with van der Waals surface area (Å²) in [6.07, 6.45) is 0.707. The molecule has 3 rings (SSSR count). The number of benzene rings is 1. The Balaban J connectivity index is 1.83. The van der Waals surface area contributed by atoms with Crippen LogP contribution in [0.15, 0.2) is 18.2 Å². The summed E-state index contributed by atoms with van der Waals surface area (Å²) < 4.78 is 20.8. The molecule has 2 N–H and O–H groups in total. The van der Waals surface area contributed by atoms with Gasteiger partial charge in [0.15, 0.2) is 5.11 Å². The average molecular weight is 495 g/mol. The molecule has 0 unspecified atom stereocenters. The van der Waals surface area contributed by atoms with Crippen molar-refractivity contribution < 1.29 is 13.9 Å². The lowest BCUT2D eigenvalue weighted by molar-refractivity contribution is 0.0601. The number of ether oxygens (including phenoxy) is 1. The van der Waals surface area contributed by atoms with Gasteiger partial charge in [0, 0.05) is 15.5 Å². The highest BCUT2D eigenvalue weighted by Gasteiger charge is 2.23. The normalized spacial score (nSPS) is 10.8. The number of nitrogens with one attached hydrogen (secondary N) is 2. The highest BCUT2D eigenvalue weighted by molar-refractivity contribution is 7.80. The number of carbonyl (C=O) groups excluding carboxylic acids is 1. The van der Waals surface area contributed by atoms with E-state index in [4.69, 9.17) is 28.6 Å². The molecule has 0 fully saturated rings. The summed E-state index contributed by atoms with van der Waals surface area (Å²) in [6.45, 7) is 7.84. The Morgan fingerprint density at radius 1 is 1.28 bits per heavy atom. The number of hydrogen-bond acceptors (Lipinski definition) is 5. The fourth-order valence-corrected chi connectivity index (χ4v) is 5.15. The van der Waals surface area contributed by atoms with E-state index in [2.05, 4.69) is 15.7 Å². The molecule has 0 saturated carbocycles. The van der Waals surface area contributed by atoms with Crippen LogP contribution in [-0.2, 0) is 17.7 Å². The number of aryl methyl sites for hydroxylation is 2. The fraction of sp³-hybridized carbons (Fsp3) is 0.318. The third-order valence-electron chi connectivity index (χ3n) is 5.17. The van der Waals surface area contributed by atoms with Crippen LogP contribution in [0.3, 0.4) is 0 Å². The van der Waals surface area contributed by atoms with Crippen molar-refractivity contribution in [3.8, 4) is 0 Å². The van der Waals surface area contributed by atoms with Crippen molar-refractivity contribution in [2.45, 2.75) is 40.7 Å². The molecule has 0 amide bonds. The van der Waals surface area contributed by atoms with Gasteiger partial charge in [0.2, 0.25) is 0 Å². The predicted molar refractivity (Wildman–Crippen MR) is 132 cm³/mol. The molecule has 1 aromatic carbocycles. The van der Waals surface area contributed by atoms with Gasteiger partial charge < -0.3 is 15.4 Å². The first kappa shape index (κ1) is 24.2. The first-order chi connectivity index (χ1) is 15.2. The van der Waals surface area contributed by atoms with E-state index in [0.29, 0.717) is 44.1 Å². The summed E-state index contributed by atoms with van der Waals surface area (Å²) >= 11 is 13.1. The summed E-state index contributed by atoms with van der Waals surface area (Å²) in [7, 11) is 1.36. The van der Waals surface area contributed by atoms with Crippen molar-refractivity contribution in [1.82, 2.24) is 9.78 Å². The summed E-state index contributed by atoms with van der Waals surface area (Å²) in [5, 5.41) is 12.1. The molecule has 3 aromatic rings. The zero-order valence-electron chi connectivity index (χ0n) is 18.4. The van der Waals surface area contributed by atoms with E-state index in [1.807, 2.05) is 27.7 Å². The Bertz CT molecular complexity index is 1170. The molecule has 0 spiro atoms. The molecule has 0 aliphatic rings. The van der Waals surface area contributed by atoms with Gasteiger partial charge in [0.1, 0.15) is 10.8 Å². The van der Waals surface area contributed by atoms with Crippen LogP contribution in [0, 0.1) is 26.6 Å². The molecule has 0 atom stereocenters. The second kappa shape index (κ2) is 9.97. The lowest BCUT2D eigenvalue weighted by Crippen LogP contribution is -2.21. The van der Waals surface area contributed by atoms with E-state index in [1.54, 1.807) is 16.8 Å². The topological polar surface area (TPSA) is 68.2 Å². The highest BCUT2D eigenvalue weighted by Crippen LogP contribution is 2.34. The summed E-state index contributed by atoms with van der Waals surface area (Å²) in [6, 6.07) is 4.59. The van der Waals surface area contributed by atoms with Crippen LogP contribution >= 0.6 is 35.2 Å². The van der Waals surface area contributed by atoms with E-state index in [1.165, 1.54) is 24.5 Å². The molecule has 6 nitrogen and oxygen atoms in total. The highest BCUT2D eigenvalue weighted by atomic mass is 35.5. The predicted octanol–water partition coefficient (Wildman–Crippen LogP) is 5.87. The number of halogens is 2. The maximum absolute atomic E-state index is 14.2. The summed E-state index contributed by atoms with van der Waals surface area (Å²) in [5.74, 6) is -0.787. The monoisotopic (exact) mass is 494 g/mol. The third-order valence-corrected chi connectivity index (χ3v) is 6.79. The molecule has 0 aliphatic carbocycles. The first-order valence-corrected chi connectivity index (χ1v) is 11.5. The van der Waals surface area contributed by atoms with Crippen LogP contribution in [0.25, 0.3) is 0 Å². The standard InChI is InChI=1S/C22H24ClFN4O2S2/c1-6-14-13(4)32-20(18(14)21(29)30-5)26-22(31)25-19-11(2)27-28(12(19)3)10-15-16(23)8-7-9-17(15)24/h7-9H,6,10H2,1-5H3,(H2,25,26,31). The molecule has 0 saturated heterocycles. The number of anilines is 2. The Morgan fingerprint density at radius 3 is 2.62 bits per heavy atom. The minimum absolute atomic E-state index is 0.191. The van der Waals surface area contributed by atoms with E-state index in [-0.39, 0.29) is 12.4 Å². The average Bonchev–Trinajstić information content (AvgIpc) is 3.20. The molecule has 0 radical (unpaired) electrons. The van der Waals surface area contributed by atoms with Gasteiger partial charge in [-0.15, -0.1) is 11.3 Å². The minimum atomic E-state index is -0.404. The maximum atomic E-state index is 14.2. The molecule has 0 aliphatic heterocycles. The van der Waals surface area contributed by atoms with E-state index < -0.39 is 5.97 Å². The zero-order valence-corrected chi connectivity index (χ0v) is 20.8. The number of rotatable bonds is 6. The van der Waals surface area contributed by atoms with Crippen LogP contribution in [0.1, 0.15) is 44.7 Å². The van der Waals surface area contributed by atoms with Crippen LogP contribution in [0.5, 0.6) is 0 Å². The molecule has 32 heavy (non-hydrogen) atoms. The van der Waals surface area contributed by atoms with Crippen LogP contribution in [0.4, 0.5) is 15.1 Å². The molecule has 0 bridgehead atoms. The Labute approximate surface area is 200 Å². The number of thiophene rings is 1. The molecular formula is C22H24ClFN4O2S2. The van der Waals surface area contributed by atoms with Crippen LogP contribution in [0.2, 0.25) is 5.02 Å². The van der Waals surface area contributed by atoms with Gasteiger partial charge in [0.05, 0.1) is 36.3 Å². The number of aromatic nitrogens is 2. The largest absolute Gasteiger partial charge is 0.465 e. The molecular weight excluding hydrogens is 471 g/mol. The van der Waals surface area contributed by atoms with Crippen molar-refractivity contribution in [2.24, 2.45) is 0 Å². The Kier molecular flexibility index (Phi) is 7.53. The van der Waals surface area contributed by atoms with E-state index >= 15 is 0 Å². The van der Waals surface area contributed by atoms with Crippen LogP contribution in [-0.4, -0.2) is 28.0 Å². The molecule has 10 heteroatoms. The number of esters is 1. The molecule has 170 valence electrons. The van der Waals surface area contributed by atoms with Gasteiger partial charge >= 0.3 is 5.97 Å². The first-order valence-electron chi connectivity index (χ1n) is 9.93. The quantitative estimate of drug-likeness (QED) is 0.330. The van der Waals surface area contributed by atoms with Crippen molar-refractivity contribution in [1.29, 1.82) is 0 Å². The number of methoxy groups -OCH3 is 1. The number of hydrogen-bond donors (Lipinski definition) is 2. The van der Waals surface area contributed by atoms with Gasteiger partial charge in [-0.3, -0.25) is 4.68 Å². The molecule has 2 aromatic heterocycles. The Morgan fingerprint density at radius 2 is 2.00 bits per heavy atom. The van der Waals surface area contributed by atoms with Crippen LogP contribution < -0.4 is 10.6 Å². The maximum Gasteiger partial charge on any atom is 0.341 e. The number of nitrogens with zero attached hydrogens (tertiary/aromatic N) is 2. The minimum Gasteiger partial charge on any atom is -0.465 e. The summed E-state index contributed by atoms with van der Waals surface area (Å²) in [4.78, 5) is 13.4. The lowest BCUT2D eigenvalue weighted by Gasteiger charge is -2.12. The molecule has 2 heterocycles. The third kappa shape index (κ3) is 4.79. The van der Waals surface area contributed by atoms with E-state index in [0.717, 1.165) is 16.1 Å². The second-order valence-corrected chi connectivity index (χ2v) is 9.21. The fourth-order valence-electron chi connectivity index (χ4n) is 3.52. The second-order valence-electron chi connectivity index (χ2n) is 7.17. The van der Waals surface area contributed by atoms with Crippen molar-refractivity contribution in [3.05, 3.63) is 62.0 Å². The van der Waals surface area contributed by atoms with Gasteiger partial charge in [-0.05, 0) is 57.1 Å². The van der Waals surface area contributed by atoms with Gasteiger partial charge in [-0.25, -0.2) is 9.18 Å². The van der Waals surface area contributed by atoms with Crippen molar-refractivity contribution >= 4 is 56.9 Å². The van der Waals surface area contributed by atoms with E-state index in [9.17, 15) is 9.18 Å². The lowest BCUT2D eigenvalue weighted by atomic mass is 10.1. The van der Waals surface area contributed by atoms with Gasteiger partial charge in [-0.2, -0.15) is 5.10 Å². The smallest absolute Gasteiger partial charge is 0.341 e. The van der Waals surface area contributed by atoms with Gasteiger partial charge in [-0.1, -0.05) is 24.6 Å². The number of carbonyl (C=O) groups is 1. The SMILES string of the molecule is CCc1c(C)sc(NC(=S)Nc2c(C)nn(Cc3c(F)cccc3Cl)c2C)c1C(=O)OC. The Hall–Kier alpha value is -2.49. The number of thiocarbonyl (C=S) groups is 1. The zero-order chi connectivity index (χ0) is 23.6.